The highest BCUT2D eigenvalue weighted by atomic mass is 19.4. The highest BCUT2D eigenvalue weighted by Crippen LogP contribution is 2.35. The number of nitrogens with zero attached hydrogens (tertiary/aromatic N) is 11. The zero-order valence-corrected chi connectivity index (χ0v) is 37.1. The van der Waals surface area contributed by atoms with Gasteiger partial charge in [0.15, 0.2) is 91.3 Å². The van der Waals surface area contributed by atoms with Gasteiger partial charge in [-0.05, 0) is 16.4 Å². The first-order valence-electron chi connectivity index (χ1n) is 19.1. The van der Waals surface area contributed by atoms with E-state index in [-0.39, 0.29) is 17.4 Å². The second kappa shape index (κ2) is 24.7. The lowest BCUT2D eigenvalue weighted by Crippen LogP contribution is -2.27. The molecule has 0 spiro atoms. The molecule has 42 heteroatoms. The van der Waals surface area contributed by atoms with Crippen molar-refractivity contribution in [3.05, 3.63) is 140 Å². The lowest BCUT2D eigenvalue weighted by molar-refractivity contribution is -0.154. The van der Waals surface area contributed by atoms with E-state index in [0.29, 0.717) is 0 Å². The summed E-state index contributed by atoms with van der Waals surface area (Å²) in [5, 5.41) is 15.3. The van der Waals surface area contributed by atoms with Crippen molar-refractivity contribution in [1.82, 2.24) is 44.9 Å². The van der Waals surface area contributed by atoms with Gasteiger partial charge in [-0.25, -0.2) is 110 Å². The molecule has 4 aromatic carbocycles. The quantitative estimate of drug-likeness (QED) is 0.0672. The number of hydrogen-bond acceptors (Lipinski definition) is 11. The van der Waals surface area contributed by atoms with Crippen molar-refractivity contribution in [3.8, 4) is 23.3 Å². The van der Waals surface area contributed by atoms with Crippen LogP contribution in [0.15, 0.2) is 0 Å². The zero-order chi connectivity index (χ0) is 62.0. The number of rotatable bonds is 1. The molecule has 11 nitrogen and oxygen atoms in total. The Kier molecular flexibility index (Phi) is 19.7. The third kappa shape index (κ3) is 13.4. The molecule has 0 fully saturated rings. The van der Waals surface area contributed by atoms with Crippen LogP contribution in [0.2, 0.25) is 0 Å². The Morgan fingerprint density at radius 3 is 1.04 bits per heavy atom. The molecule has 8 aromatic rings. The molecule has 0 aliphatic heterocycles. The first kappa shape index (κ1) is 64.7. The molecule has 0 atom stereocenters. The molecule has 10 radical (unpaired) electrons. The second-order valence-electron chi connectivity index (χ2n) is 13.9. The smallest absolute Gasteiger partial charge is 0.222 e. The van der Waals surface area contributed by atoms with Crippen LogP contribution in [-0.4, -0.2) is 84.1 Å². The lowest BCUT2D eigenvalue weighted by atomic mass is 9.85. The third-order valence-corrected chi connectivity index (χ3v) is 8.80. The van der Waals surface area contributed by atoms with Crippen LogP contribution in [0.25, 0.3) is 33.1 Å². The van der Waals surface area contributed by atoms with Crippen molar-refractivity contribution in [2.45, 2.75) is 12.4 Å². The number of halogens is 26. The fourth-order valence-corrected chi connectivity index (χ4v) is 5.32. The minimum atomic E-state index is -5.10. The fraction of sp³-hybridized carbons (Fsp3) is 0.0513. The van der Waals surface area contributed by atoms with Crippen molar-refractivity contribution in [2.24, 2.45) is 0 Å². The summed E-state index contributed by atoms with van der Waals surface area (Å²) < 4.78 is 333. The van der Waals surface area contributed by atoms with Gasteiger partial charge < -0.3 is 0 Å². The van der Waals surface area contributed by atoms with Crippen molar-refractivity contribution in [2.75, 3.05) is 0 Å². The number of hydrogen-bond donors (Lipinski definition) is 0. The van der Waals surface area contributed by atoms with Gasteiger partial charge >= 0.3 is 12.4 Å². The Hall–Kier alpha value is -8.87. The number of fused-ring (bicyclic) bond motifs is 2. The molecule has 4 heterocycles. The fourth-order valence-electron chi connectivity index (χ4n) is 5.32. The van der Waals surface area contributed by atoms with Crippen LogP contribution < -0.4 is 27.8 Å². The lowest BCUT2D eigenvalue weighted by Gasteiger charge is -2.14. The van der Waals surface area contributed by atoms with Crippen LogP contribution in [0.3, 0.4) is 0 Å². The van der Waals surface area contributed by atoms with E-state index in [2.05, 4.69) is 44.9 Å². The molecular formula is C39B5F26N11. The van der Waals surface area contributed by atoms with Gasteiger partial charge in [0.1, 0.15) is 63.9 Å². The summed E-state index contributed by atoms with van der Waals surface area (Å²) in [5.74, 6) is -46.4. The molecule has 0 N–H and O–H groups in total. The van der Waals surface area contributed by atoms with E-state index in [1.54, 1.807) is 12.1 Å². The molecule has 81 heavy (non-hydrogen) atoms. The normalized spacial score (nSPS) is 11.1. The third-order valence-electron chi connectivity index (χ3n) is 8.80. The zero-order valence-electron chi connectivity index (χ0n) is 37.1. The molecule has 0 aliphatic carbocycles. The summed E-state index contributed by atoms with van der Waals surface area (Å²) in [4.78, 5) is 25.8. The van der Waals surface area contributed by atoms with Gasteiger partial charge in [-0.2, -0.15) is 59.4 Å². The first-order valence-corrected chi connectivity index (χ1v) is 19.1. The van der Waals surface area contributed by atoms with Gasteiger partial charge in [0, 0.05) is 5.56 Å². The first-order chi connectivity index (χ1) is 37.3. The monoisotopic (exact) mass is 1170 g/mol. The number of nitriles is 2. The SMILES string of the molecule is [B]c1c(F)c(F)c(F)c(F)c1-c1c(F)c(F)c(F)c(F)c1F.[B]c1c(F)c(F)c2nc(F)c(F)c(F)c2c1F.[B]c1c(F)c(F)c2nc(F)c(F)nc2c1F.[B]c1nc(C#N)nc(C#N)n1.[B]c1nc(C(F)(F)F)nc(C(F)(F)F)n1. The Morgan fingerprint density at radius 1 is 0.284 bits per heavy atom. The van der Waals surface area contributed by atoms with E-state index < -0.39 is 196 Å². The minimum absolute atomic E-state index is 0.117. The average molecular weight is 1170 g/mol. The molecule has 4 aromatic heterocycles. The molecular weight excluding hydrogens is 1170 g/mol. The van der Waals surface area contributed by atoms with Crippen LogP contribution in [-0.2, 0) is 12.4 Å². The minimum Gasteiger partial charge on any atom is -0.222 e. The second-order valence-corrected chi connectivity index (χ2v) is 13.9. The topological polar surface area (TPSA) is 164 Å². The summed E-state index contributed by atoms with van der Waals surface area (Å²) in [5.41, 5.74) is -12.5. The number of benzene rings is 4. The van der Waals surface area contributed by atoms with Gasteiger partial charge in [-0.15, -0.1) is 0 Å². The van der Waals surface area contributed by atoms with E-state index in [1.165, 1.54) is 0 Å². The molecule has 0 amide bonds. The molecule has 0 saturated heterocycles. The molecule has 8 rings (SSSR count). The van der Waals surface area contributed by atoms with Crippen LogP contribution in [0, 0.1) is 139 Å². The van der Waals surface area contributed by atoms with Gasteiger partial charge in [0.05, 0.1) is 22.4 Å². The predicted octanol–water partition coefficient (Wildman–Crippen LogP) is 5.49. The van der Waals surface area contributed by atoms with Crippen LogP contribution >= 0.6 is 0 Å². The summed E-state index contributed by atoms with van der Waals surface area (Å²) >= 11 is 0. The summed E-state index contributed by atoms with van der Waals surface area (Å²) in [6.45, 7) is 0. The van der Waals surface area contributed by atoms with Gasteiger partial charge in [-0.1, -0.05) is 0 Å². The molecule has 0 aliphatic rings. The highest BCUT2D eigenvalue weighted by Gasteiger charge is 2.41. The summed E-state index contributed by atoms with van der Waals surface area (Å²) in [6, 6.07) is 3.30. The predicted molar refractivity (Wildman–Crippen MR) is 218 cm³/mol. The summed E-state index contributed by atoms with van der Waals surface area (Å²) in [6.07, 6.45) is -10.2. The van der Waals surface area contributed by atoms with Crippen molar-refractivity contribution in [1.29, 1.82) is 10.5 Å². The van der Waals surface area contributed by atoms with E-state index in [9.17, 15) is 114 Å². The molecule has 0 saturated carbocycles. The summed E-state index contributed by atoms with van der Waals surface area (Å²) in [7, 11) is 24.4. The molecule has 408 valence electrons. The van der Waals surface area contributed by atoms with Crippen LogP contribution in [0.1, 0.15) is 23.3 Å². The number of aromatic nitrogens is 9. The van der Waals surface area contributed by atoms with Crippen molar-refractivity contribution in [3.63, 3.8) is 0 Å². The molecule has 0 bridgehead atoms. The number of alkyl halides is 6. The van der Waals surface area contributed by atoms with Crippen molar-refractivity contribution < 1.29 is 114 Å². The Balaban J connectivity index is 0.000000221. The maximum atomic E-state index is 13.6. The van der Waals surface area contributed by atoms with E-state index in [4.69, 9.17) is 49.8 Å². The number of pyridine rings is 1. The van der Waals surface area contributed by atoms with Gasteiger partial charge in [0.2, 0.25) is 34.9 Å². The molecule has 0 unspecified atom stereocenters. The Labute approximate surface area is 433 Å². The van der Waals surface area contributed by atoms with E-state index in [0.717, 1.165) is 0 Å². The van der Waals surface area contributed by atoms with Crippen molar-refractivity contribution >= 4 is 89.0 Å². The average Bonchev–Trinajstić information content (AvgIpc) is 3.61. The maximum Gasteiger partial charge on any atom is 0.451 e. The van der Waals surface area contributed by atoms with Gasteiger partial charge in [0.25, 0.3) is 17.8 Å². The van der Waals surface area contributed by atoms with Crippen LogP contribution in [0.4, 0.5) is 114 Å². The Bertz CT molecular complexity index is 3690. The van der Waals surface area contributed by atoms with E-state index in [1.807, 2.05) is 0 Å². The Morgan fingerprint density at radius 2 is 0.617 bits per heavy atom. The van der Waals surface area contributed by atoms with E-state index >= 15 is 0 Å². The standard InChI is InChI=1S/C12BF9.C9BF6N.C8BF5N2.C5BF6N3.C5BN5/c13-3-1(4(14)8(18)11(21)7(3)17)2-5(15)9(19)12(22)10(20)6(2)16;10-2-3(11)1-4(12)7(15)9(16)17-8(1)6(14)5(2)13;9-1-2(10)4(12)6-5(3(1)11)15-7(13)8(14)16-6;6-3-14-1(4(7,8)9)13-2(15-3)5(10,11)12;6-5-10-3(1-7)9-4(2-8)11-5. The van der Waals surface area contributed by atoms with Gasteiger partial charge in [-0.3, -0.25) is 0 Å². The highest BCUT2D eigenvalue weighted by molar-refractivity contribution is 6.36. The van der Waals surface area contributed by atoms with Crippen LogP contribution in [0.5, 0.6) is 0 Å². The largest absolute Gasteiger partial charge is 0.451 e. The maximum absolute atomic E-state index is 13.6.